The van der Waals surface area contributed by atoms with Gasteiger partial charge >= 0.3 is 24.7 Å². The van der Waals surface area contributed by atoms with E-state index in [9.17, 15) is 8.92 Å². The van der Waals surface area contributed by atoms with Crippen molar-refractivity contribution in [3.05, 3.63) is 0 Å². The van der Waals surface area contributed by atoms with Gasteiger partial charge in [-0.3, -0.25) is 0 Å². The van der Waals surface area contributed by atoms with Crippen LogP contribution in [0.4, 0.5) is 0 Å². The molecule has 0 aromatic rings. The van der Waals surface area contributed by atoms with Crippen LogP contribution in [0, 0.1) is 0 Å². The molecule has 0 aliphatic carbocycles. The molecule has 0 spiro atoms. The van der Waals surface area contributed by atoms with Gasteiger partial charge in [-0.15, -0.1) is 0 Å². The highest BCUT2D eigenvalue weighted by Crippen LogP contribution is 2.15. The third-order valence-corrected chi connectivity index (χ3v) is 25.3. The lowest BCUT2D eigenvalue weighted by molar-refractivity contribution is 0.377. The van der Waals surface area contributed by atoms with Gasteiger partial charge in [-0.05, 0) is 32.7 Å². The summed E-state index contributed by atoms with van der Waals surface area (Å²) in [4.78, 5) is 0. The monoisotopic (exact) mass is 324 g/mol. The summed E-state index contributed by atoms with van der Waals surface area (Å²) in [7, 11) is -10.5. The summed E-state index contributed by atoms with van der Waals surface area (Å²) >= 11 is 0. The molecule has 0 amide bonds. The van der Waals surface area contributed by atoms with Crippen molar-refractivity contribution in [3.63, 3.8) is 0 Å². The third kappa shape index (κ3) is 7.46. The lowest BCUT2D eigenvalue weighted by Crippen LogP contribution is -2.52. The van der Waals surface area contributed by atoms with E-state index in [4.69, 9.17) is 8.23 Å². The Kier molecular flexibility index (Phi) is 5.76. The van der Waals surface area contributed by atoms with E-state index >= 15 is 0 Å². The molecule has 0 N–H and O–H groups in total. The summed E-state index contributed by atoms with van der Waals surface area (Å²) in [5.74, 6) is 0. The van der Waals surface area contributed by atoms with Crippen LogP contribution in [-0.2, 0) is 17.2 Å². The van der Waals surface area contributed by atoms with Crippen LogP contribution in [-0.4, -0.2) is 40.6 Å². The second-order valence-electron chi connectivity index (χ2n) is 6.58. The second-order valence-corrected chi connectivity index (χ2v) is 30.9. The van der Waals surface area contributed by atoms with Crippen molar-refractivity contribution in [1.29, 1.82) is 0 Å². The van der Waals surface area contributed by atoms with E-state index in [1.165, 1.54) is 0 Å². The molecule has 0 aromatic heterocycles. The zero-order valence-corrected chi connectivity index (χ0v) is 17.1. The molecule has 0 aliphatic rings. The van der Waals surface area contributed by atoms with Crippen LogP contribution in [0.5, 0.6) is 0 Å². The van der Waals surface area contributed by atoms with Gasteiger partial charge in [0.15, 0.2) is 8.32 Å². The maximum Gasteiger partial charge on any atom is 0.525 e. The van der Waals surface area contributed by atoms with Crippen LogP contribution in [0.1, 0.15) is 0 Å². The van der Waals surface area contributed by atoms with E-state index in [1.807, 2.05) is 32.7 Å². The lowest BCUT2D eigenvalue weighted by Gasteiger charge is -2.31. The molecule has 0 radical (unpaired) electrons. The van der Waals surface area contributed by atoms with Gasteiger partial charge in [-0.25, -0.2) is 0 Å². The third-order valence-electron chi connectivity index (χ3n) is 1.76. The van der Waals surface area contributed by atoms with Gasteiger partial charge in [0.1, 0.15) is 7.59 Å². The predicted molar refractivity (Wildman–Crippen MR) is 79.2 cm³/mol. The maximum atomic E-state index is 12.0. The van der Waals surface area contributed by atoms with Gasteiger partial charge in [0.05, 0.1) is 0 Å². The highest BCUT2D eigenvalue weighted by molar-refractivity contribution is 7.46. The molecule has 0 saturated carbocycles. The number of rotatable bonds is 6. The highest BCUT2D eigenvalue weighted by Gasteiger charge is 2.42. The van der Waals surface area contributed by atoms with Gasteiger partial charge in [-0.2, -0.15) is 0 Å². The fourth-order valence-corrected chi connectivity index (χ4v) is 22.3. The molecule has 4 nitrogen and oxygen atoms in total. The molecule has 9 heteroatoms. The first-order chi connectivity index (χ1) is 7.25. The second kappa shape index (κ2) is 5.61. The molecular formula is C8H24O4Si5. The SMILES string of the molecule is C[Si](C)(C)O[Si](C)(C)O[Si](=O)[Si](=O)[Si](C)(C)C. The summed E-state index contributed by atoms with van der Waals surface area (Å²) in [6.45, 7) is 15.9. The molecule has 100 valence electrons. The molecule has 0 saturated heterocycles. The Balaban J connectivity index is 4.64. The molecule has 17 heavy (non-hydrogen) atoms. The van der Waals surface area contributed by atoms with Crippen LogP contribution >= 0.6 is 0 Å². The Morgan fingerprint density at radius 1 is 0.824 bits per heavy atom. The fraction of sp³-hybridized carbons (Fsp3) is 1.00. The van der Waals surface area contributed by atoms with Crippen molar-refractivity contribution >= 4 is 40.6 Å². The van der Waals surface area contributed by atoms with E-state index in [0.29, 0.717) is 0 Å². The summed E-state index contributed by atoms with van der Waals surface area (Å²) in [6.07, 6.45) is 0. The molecule has 0 unspecified atom stereocenters. The van der Waals surface area contributed by atoms with E-state index < -0.39 is 40.6 Å². The van der Waals surface area contributed by atoms with Crippen LogP contribution < -0.4 is 0 Å². The van der Waals surface area contributed by atoms with Crippen molar-refractivity contribution < 1.29 is 17.2 Å². The van der Waals surface area contributed by atoms with Gasteiger partial charge in [0, 0.05) is 0 Å². The minimum absolute atomic E-state index is 1.71. The number of hydrogen-bond acceptors (Lipinski definition) is 4. The summed E-state index contributed by atoms with van der Waals surface area (Å²) in [6, 6.07) is 0. The van der Waals surface area contributed by atoms with Crippen LogP contribution in [0.2, 0.25) is 52.4 Å². The normalized spacial score (nSPS) is 13.4. The molecule has 0 aromatic carbocycles. The van der Waals surface area contributed by atoms with E-state index in [2.05, 4.69) is 19.6 Å². The largest absolute Gasteiger partial charge is 0.558 e. The van der Waals surface area contributed by atoms with E-state index in [-0.39, 0.29) is 0 Å². The zero-order chi connectivity index (χ0) is 14.1. The first-order valence-corrected chi connectivity index (χ1v) is 20.2. The standard InChI is InChI=1S/C8H24O4Si5/c1-15(2,3)12-17(7,8)11-13(9)14(10)16(4,5)6/h1-8H3. The molecule has 0 heterocycles. The van der Waals surface area contributed by atoms with Crippen molar-refractivity contribution in [2.75, 3.05) is 0 Å². The van der Waals surface area contributed by atoms with Crippen LogP contribution in [0.25, 0.3) is 0 Å². The van der Waals surface area contributed by atoms with Crippen molar-refractivity contribution in [2.24, 2.45) is 0 Å². The first kappa shape index (κ1) is 17.4. The number of hydrogen-bond donors (Lipinski definition) is 0. The maximum absolute atomic E-state index is 12.0. The Morgan fingerprint density at radius 2 is 1.24 bits per heavy atom. The van der Waals surface area contributed by atoms with Crippen LogP contribution in [0.3, 0.4) is 0 Å². The zero-order valence-electron chi connectivity index (χ0n) is 12.1. The quantitative estimate of drug-likeness (QED) is 0.704. The molecule has 0 aliphatic heterocycles. The Hall–Kier alpha value is 0.444. The van der Waals surface area contributed by atoms with Gasteiger partial charge < -0.3 is 17.2 Å². The molecule has 0 bridgehead atoms. The summed E-state index contributed by atoms with van der Waals surface area (Å²) < 4.78 is 35.5. The molecule has 0 fully saturated rings. The molecule has 0 rings (SSSR count). The summed E-state index contributed by atoms with van der Waals surface area (Å²) in [5.41, 5.74) is 0. The first-order valence-electron chi connectivity index (χ1n) is 5.72. The van der Waals surface area contributed by atoms with E-state index in [0.717, 1.165) is 0 Å². The van der Waals surface area contributed by atoms with Crippen molar-refractivity contribution in [2.45, 2.75) is 52.4 Å². The molecular weight excluding hydrogens is 301 g/mol. The van der Waals surface area contributed by atoms with Crippen molar-refractivity contribution in [1.82, 2.24) is 0 Å². The lowest BCUT2D eigenvalue weighted by atomic mass is 11.8. The van der Waals surface area contributed by atoms with E-state index in [1.54, 1.807) is 0 Å². The molecule has 0 atom stereocenters. The Bertz CT molecular complexity index is 315. The smallest absolute Gasteiger partial charge is 0.525 e. The summed E-state index contributed by atoms with van der Waals surface area (Å²) in [5, 5.41) is 0. The minimum Gasteiger partial charge on any atom is -0.558 e. The Morgan fingerprint density at radius 3 is 1.53 bits per heavy atom. The average Bonchev–Trinajstić information content (AvgIpc) is 1.94. The van der Waals surface area contributed by atoms with Crippen LogP contribution in [0.15, 0.2) is 0 Å². The average molecular weight is 325 g/mol. The van der Waals surface area contributed by atoms with Gasteiger partial charge in [0.25, 0.3) is 0 Å². The van der Waals surface area contributed by atoms with Gasteiger partial charge in [-0.1, -0.05) is 19.6 Å². The highest BCUT2D eigenvalue weighted by atomic mass is 29.6. The van der Waals surface area contributed by atoms with Gasteiger partial charge in [0.2, 0.25) is 0 Å². The minimum atomic E-state index is -2.44. The predicted octanol–water partition coefficient (Wildman–Crippen LogP) is 2.39. The topological polar surface area (TPSA) is 52.6 Å². The Labute approximate surface area is 110 Å². The van der Waals surface area contributed by atoms with Crippen molar-refractivity contribution in [3.8, 4) is 0 Å². The fourth-order valence-electron chi connectivity index (χ4n) is 1.33.